The van der Waals surface area contributed by atoms with E-state index in [2.05, 4.69) is 36.4 Å². The summed E-state index contributed by atoms with van der Waals surface area (Å²) < 4.78 is 0. The fourth-order valence-corrected chi connectivity index (χ4v) is 5.78. The third-order valence-electron chi connectivity index (χ3n) is 6.75. The molecular formula is C24H24O2. The molecule has 132 valence electrons. The molecule has 0 amide bonds. The summed E-state index contributed by atoms with van der Waals surface area (Å²) in [5.41, 5.74) is 4.50. The maximum atomic E-state index is 11.0. The Kier molecular flexibility index (Phi) is 3.49. The highest BCUT2D eigenvalue weighted by Gasteiger charge is 2.53. The molecule has 2 aromatic carbocycles. The van der Waals surface area contributed by atoms with E-state index in [1.165, 1.54) is 17.5 Å². The largest absolute Gasteiger partial charge is 0.512 e. The van der Waals surface area contributed by atoms with Crippen LogP contribution in [0.25, 0.3) is 12.2 Å². The normalized spacial score (nSPS) is 26.0. The molecule has 3 aliphatic rings. The van der Waals surface area contributed by atoms with Gasteiger partial charge in [0.05, 0.1) is 0 Å². The van der Waals surface area contributed by atoms with Gasteiger partial charge in [-0.2, -0.15) is 0 Å². The van der Waals surface area contributed by atoms with Crippen LogP contribution in [0.3, 0.4) is 0 Å². The molecule has 0 heterocycles. The van der Waals surface area contributed by atoms with Gasteiger partial charge in [-0.1, -0.05) is 67.8 Å². The average molecular weight is 344 g/mol. The first-order valence-electron chi connectivity index (χ1n) is 9.70. The van der Waals surface area contributed by atoms with Gasteiger partial charge in [0.25, 0.3) is 0 Å². The molecular weight excluding hydrogens is 320 g/mol. The lowest BCUT2D eigenvalue weighted by atomic mass is 9.56. The number of aliphatic hydroxyl groups excluding tert-OH is 2. The van der Waals surface area contributed by atoms with Crippen LogP contribution in [0.5, 0.6) is 0 Å². The number of hydrogen-bond donors (Lipinski definition) is 2. The summed E-state index contributed by atoms with van der Waals surface area (Å²) in [5.74, 6) is 0.854. The number of rotatable bonds is 2. The summed E-state index contributed by atoms with van der Waals surface area (Å²) in [5, 5.41) is 22.0. The predicted molar refractivity (Wildman–Crippen MR) is 105 cm³/mol. The van der Waals surface area contributed by atoms with Crippen LogP contribution in [0.4, 0.5) is 0 Å². The van der Waals surface area contributed by atoms with E-state index < -0.39 is 0 Å². The average Bonchev–Trinajstić information content (AvgIpc) is 3.18. The van der Waals surface area contributed by atoms with Crippen molar-refractivity contribution in [2.24, 2.45) is 5.41 Å². The van der Waals surface area contributed by atoms with E-state index in [0.717, 1.165) is 36.8 Å². The van der Waals surface area contributed by atoms with Gasteiger partial charge >= 0.3 is 0 Å². The number of aliphatic hydroxyl groups is 2. The lowest BCUT2D eigenvalue weighted by Gasteiger charge is -2.47. The summed E-state index contributed by atoms with van der Waals surface area (Å²) in [6.07, 6.45) is 9.45. The molecule has 2 atom stereocenters. The second-order valence-electron chi connectivity index (χ2n) is 8.06. The molecule has 2 heteroatoms. The van der Waals surface area contributed by atoms with E-state index in [1.807, 2.05) is 24.3 Å². The molecule has 26 heavy (non-hydrogen) atoms. The maximum Gasteiger partial charge on any atom is 0.101 e. The number of benzene rings is 2. The molecule has 2 N–H and O–H groups in total. The molecule has 0 aliphatic heterocycles. The quantitative estimate of drug-likeness (QED) is 0.668. The van der Waals surface area contributed by atoms with E-state index in [9.17, 15) is 10.2 Å². The minimum Gasteiger partial charge on any atom is -0.512 e. The second-order valence-corrected chi connectivity index (χ2v) is 8.06. The SMILES string of the molecule is OC1=Cc2ccccc2C1C1(C2C(O)=Cc3ccccc32)CCCCC1. The van der Waals surface area contributed by atoms with Crippen molar-refractivity contribution < 1.29 is 10.2 Å². The number of hydrogen-bond acceptors (Lipinski definition) is 2. The van der Waals surface area contributed by atoms with Gasteiger partial charge in [0, 0.05) is 11.8 Å². The van der Waals surface area contributed by atoms with Crippen LogP contribution in [-0.2, 0) is 0 Å². The van der Waals surface area contributed by atoms with Gasteiger partial charge in [-0.3, -0.25) is 0 Å². The fraction of sp³-hybridized carbons (Fsp3) is 0.333. The summed E-state index contributed by atoms with van der Waals surface area (Å²) in [6.45, 7) is 0. The van der Waals surface area contributed by atoms with Gasteiger partial charge in [-0.25, -0.2) is 0 Å². The third kappa shape index (κ3) is 2.11. The van der Waals surface area contributed by atoms with Gasteiger partial charge < -0.3 is 10.2 Å². The molecule has 1 fully saturated rings. The van der Waals surface area contributed by atoms with Crippen molar-refractivity contribution in [1.82, 2.24) is 0 Å². The van der Waals surface area contributed by atoms with Crippen molar-refractivity contribution in [1.29, 1.82) is 0 Å². The predicted octanol–water partition coefficient (Wildman–Crippen LogP) is 6.33. The second kappa shape index (κ2) is 5.77. The molecule has 2 unspecified atom stereocenters. The number of fused-ring (bicyclic) bond motifs is 2. The van der Waals surface area contributed by atoms with Crippen LogP contribution in [0, 0.1) is 5.41 Å². The fourth-order valence-electron chi connectivity index (χ4n) is 5.78. The van der Waals surface area contributed by atoms with Crippen LogP contribution >= 0.6 is 0 Å². The van der Waals surface area contributed by atoms with Crippen LogP contribution in [0.15, 0.2) is 60.0 Å². The lowest BCUT2D eigenvalue weighted by molar-refractivity contribution is 0.0950. The Morgan fingerprint density at radius 3 is 1.62 bits per heavy atom. The van der Waals surface area contributed by atoms with E-state index in [4.69, 9.17) is 0 Å². The van der Waals surface area contributed by atoms with Gasteiger partial charge in [-0.05, 0) is 52.7 Å². The monoisotopic (exact) mass is 344 g/mol. The zero-order chi connectivity index (χ0) is 17.7. The van der Waals surface area contributed by atoms with Crippen LogP contribution in [0.2, 0.25) is 0 Å². The van der Waals surface area contributed by atoms with E-state index >= 15 is 0 Å². The highest BCUT2D eigenvalue weighted by Crippen LogP contribution is 2.63. The topological polar surface area (TPSA) is 40.5 Å². The van der Waals surface area contributed by atoms with Crippen molar-refractivity contribution in [3.05, 3.63) is 82.3 Å². The zero-order valence-corrected chi connectivity index (χ0v) is 14.9. The van der Waals surface area contributed by atoms with Crippen molar-refractivity contribution in [3.63, 3.8) is 0 Å². The number of allylic oxidation sites excluding steroid dienone is 2. The van der Waals surface area contributed by atoms with Gasteiger partial charge in [0.1, 0.15) is 11.5 Å². The molecule has 2 nitrogen and oxygen atoms in total. The third-order valence-corrected chi connectivity index (χ3v) is 6.75. The van der Waals surface area contributed by atoms with Crippen LogP contribution < -0.4 is 0 Å². The van der Waals surface area contributed by atoms with Gasteiger partial charge in [-0.15, -0.1) is 0 Å². The highest BCUT2D eigenvalue weighted by atomic mass is 16.3. The van der Waals surface area contributed by atoms with E-state index in [0.29, 0.717) is 11.5 Å². The van der Waals surface area contributed by atoms with Crippen molar-refractivity contribution in [2.75, 3.05) is 0 Å². The Morgan fingerprint density at radius 1 is 0.654 bits per heavy atom. The first-order valence-corrected chi connectivity index (χ1v) is 9.70. The van der Waals surface area contributed by atoms with Crippen LogP contribution in [-0.4, -0.2) is 10.2 Å². The molecule has 5 rings (SSSR count). The van der Waals surface area contributed by atoms with E-state index in [-0.39, 0.29) is 17.3 Å². The molecule has 1 saturated carbocycles. The molecule has 0 bridgehead atoms. The van der Waals surface area contributed by atoms with Crippen molar-refractivity contribution in [2.45, 2.75) is 43.9 Å². The van der Waals surface area contributed by atoms with Crippen LogP contribution in [0.1, 0.15) is 66.2 Å². The summed E-state index contributed by atoms with van der Waals surface area (Å²) in [7, 11) is 0. The highest BCUT2D eigenvalue weighted by molar-refractivity contribution is 5.69. The molecule has 3 aliphatic carbocycles. The summed E-state index contributed by atoms with van der Waals surface area (Å²) in [4.78, 5) is 0. The Balaban J connectivity index is 1.70. The Hall–Kier alpha value is -2.48. The molecule has 0 saturated heterocycles. The zero-order valence-electron chi connectivity index (χ0n) is 14.9. The molecule has 2 aromatic rings. The van der Waals surface area contributed by atoms with Crippen molar-refractivity contribution >= 4 is 12.2 Å². The minimum atomic E-state index is -0.168. The summed E-state index contributed by atoms with van der Waals surface area (Å²) >= 11 is 0. The molecule has 0 spiro atoms. The first kappa shape index (κ1) is 15.7. The minimum absolute atomic E-state index is 0.0364. The van der Waals surface area contributed by atoms with Gasteiger partial charge in [0.2, 0.25) is 0 Å². The first-order chi connectivity index (χ1) is 12.7. The van der Waals surface area contributed by atoms with E-state index in [1.54, 1.807) is 0 Å². The lowest BCUT2D eigenvalue weighted by Crippen LogP contribution is -2.38. The Labute approximate surface area is 154 Å². The Bertz CT molecular complexity index is 846. The Morgan fingerprint density at radius 2 is 1.12 bits per heavy atom. The summed E-state index contributed by atoms with van der Waals surface area (Å²) in [6, 6.07) is 16.7. The maximum absolute atomic E-state index is 11.0. The smallest absolute Gasteiger partial charge is 0.101 e. The van der Waals surface area contributed by atoms with Gasteiger partial charge in [0.15, 0.2) is 0 Å². The standard InChI is InChI=1S/C24H24O2/c25-20-14-16-8-2-4-10-18(16)22(20)24(12-6-1-7-13-24)23-19-11-5-3-9-17(19)15-21(23)26/h2-5,8-11,14-15,22-23,25-26H,1,6-7,12-13H2. The molecule has 0 aromatic heterocycles. The van der Waals surface area contributed by atoms with Crippen molar-refractivity contribution in [3.8, 4) is 0 Å². The molecule has 0 radical (unpaired) electrons.